The number of rotatable bonds is 3. The summed E-state index contributed by atoms with van der Waals surface area (Å²) in [6.45, 7) is 14.0. The average Bonchev–Trinajstić information content (AvgIpc) is 2.84. The summed E-state index contributed by atoms with van der Waals surface area (Å²) >= 11 is 0. The Labute approximate surface area is 134 Å². The van der Waals surface area contributed by atoms with Gasteiger partial charge in [-0.3, -0.25) is 14.7 Å². The van der Waals surface area contributed by atoms with Crippen molar-refractivity contribution in [3.8, 4) is 0 Å². The number of amides is 1. The van der Waals surface area contributed by atoms with Crippen LogP contribution < -0.4 is 5.32 Å². The lowest BCUT2D eigenvalue weighted by atomic mass is 9.93. The van der Waals surface area contributed by atoms with Crippen molar-refractivity contribution in [3.05, 3.63) is 0 Å². The van der Waals surface area contributed by atoms with Crippen molar-refractivity contribution in [2.75, 3.05) is 59.4 Å². The van der Waals surface area contributed by atoms with E-state index in [0.717, 1.165) is 58.3 Å². The van der Waals surface area contributed by atoms with Gasteiger partial charge in [-0.15, -0.1) is 0 Å². The summed E-state index contributed by atoms with van der Waals surface area (Å²) in [4.78, 5) is 22.4. The minimum atomic E-state index is 0.190. The summed E-state index contributed by atoms with van der Waals surface area (Å²) in [6.07, 6.45) is 1.22. The number of nitrogens with zero attached hydrogens (tertiary/aromatic N) is 4. The maximum absolute atomic E-state index is 11.3. The maximum atomic E-state index is 11.3. The van der Waals surface area contributed by atoms with E-state index < -0.39 is 0 Å². The van der Waals surface area contributed by atoms with Gasteiger partial charge in [0.05, 0.1) is 0 Å². The quantitative estimate of drug-likeness (QED) is 0.608. The minimum Gasteiger partial charge on any atom is -0.355 e. The topological polar surface area (TPSA) is 51.2 Å². The van der Waals surface area contributed by atoms with E-state index in [1.54, 1.807) is 6.92 Å². The minimum absolute atomic E-state index is 0.190. The molecule has 2 saturated heterocycles. The number of nitrogens with one attached hydrogen (secondary N) is 1. The fraction of sp³-hybridized carbons (Fsp3) is 0.875. The highest BCUT2D eigenvalue weighted by Gasteiger charge is 2.30. The zero-order valence-electron chi connectivity index (χ0n) is 14.6. The summed E-state index contributed by atoms with van der Waals surface area (Å²) in [5, 5.41) is 3.48. The zero-order valence-corrected chi connectivity index (χ0v) is 14.6. The summed E-state index contributed by atoms with van der Waals surface area (Å²) in [5.41, 5.74) is 0.390. The Morgan fingerprint density at radius 3 is 2.32 bits per heavy atom. The summed E-state index contributed by atoms with van der Waals surface area (Å²) in [7, 11) is 1.86. The lowest BCUT2D eigenvalue weighted by Gasteiger charge is -2.34. The van der Waals surface area contributed by atoms with Gasteiger partial charge in [-0.05, 0) is 11.8 Å². The van der Waals surface area contributed by atoms with Gasteiger partial charge in [0.2, 0.25) is 5.91 Å². The number of carbonyl (C=O) groups excluding carboxylic acids is 1. The van der Waals surface area contributed by atoms with Crippen LogP contribution in [0.5, 0.6) is 0 Å². The lowest BCUT2D eigenvalue weighted by Crippen LogP contribution is -2.50. The predicted octanol–water partition coefficient (Wildman–Crippen LogP) is 0.458. The van der Waals surface area contributed by atoms with Crippen molar-refractivity contribution < 1.29 is 4.79 Å². The SMILES string of the molecule is CN=C(NCCN1CCN(C(C)=O)CC1)N1CCC(C)(C)C1. The maximum Gasteiger partial charge on any atom is 0.219 e. The monoisotopic (exact) mass is 309 g/mol. The van der Waals surface area contributed by atoms with E-state index in [9.17, 15) is 4.79 Å². The smallest absolute Gasteiger partial charge is 0.219 e. The van der Waals surface area contributed by atoms with Crippen molar-refractivity contribution >= 4 is 11.9 Å². The van der Waals surface area contributed by atoms with Gasteiger partial charge < -0.3 is 15.1 Å². The zero-order chi connectivity index (χ0) is 16.2. The van der Waals surface area contributed by atoms with Gasteiger partial charge in [-0.1, -0.05) is 13.8 Å². The van der Waals surface area contributed by atoms with E-state index in [-0.39, 0.29) is 5.91 Å². The first-order chi connectivity index (χ1) is 10.4. The normalized spacial score (nSPS) is 23.0. The molecular formula is C16H31N5O. The van der Waals surface area contributed by atoms with Crippen LogP contribution in [0.1, 0.15) is 27.2 Å². The second kappa shape index (κ2) is 7.31. The van der Waals surface area contributed by atoms with Crippen LogP contribution in [0.25, 0.3) is 0 Å². The molecular weight excluding hydrogens is 278 g/mol. The van der Waals surface area contributed by atoms with Gasteiger partial charge in [0.25, 0.3) is 0 Å². The van der Waals surface area contributed by atoms with Crippen LogP contribution in [0.3, 0.4) is 0 Å². The third-order valence-electron chi connectivity index (χ3n) is 4.72. The van der Waals surface area contributed by atoms with Crippen LogP contribution in [0, 0.1) is 5.41 Å². The van der Waals surface area contributed by atoms with E-state index in [4.69, 9.17) is 0 Å². The number of hydrogen-bond acceptors (Lipinski definition) is 3. The van der Waals surface area contributed by atoms with E-state index in [1.165, 1.54) is 6.42 Å². The number of aliphatic imine (C=N–C) groups is 1. The molecule has 0 aromatic carbocycles. The van der Waals surface area contributed by atoms with Crippen molar-refractivity contribution in [1.29, 1.82) is 0 Å². The highest BCUT2D eigenvalue weighted by molar-refractivity contribution is 5.80. The number of hydrogen-bond donors (Lipinski definition) is 1. The summed E-state index contributed by atoms with van der Waals surface area (Å²) < 4.78 is 0. The third-order valence-corrected chi connectivity index (χ3v) is 4.72. The number of carbonyl (C=O) groups is 1. The van der Waals surface area contributed by atoms with Gasteiger partial charge in [0, 0.05) is 66.3 Å². The number of piperazine rings is 1. The molecule has 0 spiro atoms. The van der Waals surface area contributed by atoms with E-state index >= 15 is 0 Å². The molecule has 2 aliphatic rings. The Kier molecular flexibility index (Phi) is 5.67. The Balaban J connectivity index is 1.69. The molecule has 0 aliphatic carbocycles. The lowest BCUT2D eigenvalue weighted by molar-refractivity contribution is -0.130. The molecule has 2 heterocycles. The fourth-order valence-electron chi connectivity index (χ4n) is 3.24. The van der Waals surface area contributed by atoms with E-state index in [2.05, 4.69) is 34.0 Å². The highest BCUT2D eigenvalue weighted by atomic mass is 16.2. The predicted molar refractivity (Wildman–Crippen MR) is 90.0 cm³/mol. The Hall–Kier alpha value is -1.30. The first-order valence-electron chi connectivity index (χ1n) is 8.35. The van der Waals surface area contributed by atoms with Crippen LogP contribution in [-0.2, 0) is 4.79 Å². The van der Waals surface area contributed by atoms with Gasteiger partial charge in [-0.25, -0.2) is 0 Å². The Bertz CT molecular complexity index is 413. The molecule has 1 N–H and O–H groups in total. The first-order valence-corrected chi connectivity index (χ1v) is 8.35. The molecule has 126 valence electrons. The summed E-state index contributed by atoms with van der Waals surface area (Å²) in [5.74, 6) is 1.21. The molecule has 6 nitrogen and oxygen atoms in total. The van der Waals surface area contributed by atoms with Crippen molar-refractivity contribution in [2.45, 2.75) is 27.2 Å². The summed E-state index contributed by atoms with van der Waals surface area (Å²) in [6, 6.07) is 0. The molecule has 1 amide bonds. The molecule has 0 saturated carbocycles. The molecule has 0 aromatic rings. The van der Waals surface area contributed by atoms with Gasteiger partial charge >= 0.3 is 0 Å². The molecule has 0 radical (unpaired) electrons. The molecule has 0 aromatic heterocycles. The van der Waals surface area contributed by atoms with Crippen LogP contribution in [0.4, 0.5) is 0 Å². The van der Waals surface area contributed by atoms with Gasteiger partial charge in [-0.2, -0.15) is 0 Å². The molecule has 6 heteroatoms. The van der Waals surface area contributed by atoms with Crippen molar-refractivity contribution in [1.82, 2.24) is 20.0 Å². The largest absolute Gasteiger partial charge is 0.355 e. The van der Waals surface area contributed by atoms with E-state index in [0.29, 0.717) is 5.41 Å². The van der Waals surface area contributed by atoms with E-state index in [1.807, 2.05) is 11.9 Å². The average molecular weight is 309 g/mol. The molecule has 2 fully saturated rings. The van der Waals surface area contributed by atoms with Crippen molar-refractivity contribution in [3.63, 3.8) is 0 Å². The Morgan fingerprint density at radius 2 is 1.82 bits per heavy atom. The van der Waals surface area contributed by atoms with Crippen LogP contribution in [-0.4, -0.2) is 86.0 Å². The number of guanidine groups is 1. The van der Waals surface area contributed by atoms with Crippen LogP contribution in [0.15, 0.2) is 4.99 Å². The first kappa shape index (κ1) is 17.1. The van der Waals surface area contributed by atoms with Gasteiger partial charge in [0.1, 0.15) is 0 Å². The second-order valence-corrected chi connectivity index (χ2v) is 7.16. The number of likely N-dealkylation sites (tertiary alicyclic amines) is 1. The molecule has 22 heavy (non-hydrogen) atoms. The fourth-order valence-corrected chi connectivity index (χ4v) is 3.24. The molecule has 0 unspecified atom stereocenters. The van der Waals surface area contributed by atoms with Crippen LogP contribution in [0.2, 0.25) is 0 Å². The second-order valence-electron chi connectivity index (χ2n) is 7.16. The molecule has 2 rings (SSSR count). The highest BCUT2D eigenvalue weighted by Crippen LogP contribution is 2.28. The third kappa shape index (κ3) is 4.60. The van der Waals surface area contributed by atoms with Gasteiger partial charge in [0.15, 0.2) is 5.96 Å². The molecule has 0 bridgehead atoms. The standard InChI is InChI=1S/C16H31N5O/c1-14(22)20-11-9-19(10-12-20)8-6-18-15(17-4)21-7-5-16(2,3)13-21/h5-13H2,1-4H3,(H,17,18). The van der Waals surface area contributed by atoms with Crippen molar-refractivity contribution in [2.24, 2.45) is 10.4 Å². The Morgan fingerprint density at radius 1 is 1.14 bits per heavy atom. The van der Waals surface area contributed by atoms with Crippen LogP contribution >= 0.6 is 0 Å². The molecule has 0 atom stereocenters. The molecule has 2 aliphatic heterocycles.